The number of hydrogen-bond donors (Lipinski definition) is 1. The molecule has 0 aromatic carbocycles. The Morgan fingerprint density at radius 3 is 2.71 bits per heavy atom. The van der Waals surface area contributed by atoms with Crippen LogP contribution in [0, 0.1) is 5.92 Å². The summed E-state index contributed by atoms with van der Waals surface area (Å²) in [6.07, 6.45) is 3.82. The summed E-state index contributed by atoms with van der Waals surface area (Å²) < 4.78 is 0. The number of rotatable bonds is 2. The van der Waals surface area contributed by atoms with Crippen molar-refractivity contribution in [3.05, 3.63) is 23.9 Å². The number of pyridine rings is 1. The van der Waals surface area contributed by atoms with Crippen molar-refractivity contribution in [1.29, 1.82) is 0 Å². The van der Waals surface area contributed by atoms with Gasteiger partial charge in [0.15, 0.2) is 0 Å². The Labute approximate surface area is 103 Å². The zero-order chi connectivity index (χ0) is 12.4. The van der Waals surface area contributed by atoms with Crippen molar-refractivity contribution in [2.45, 2.75) is 45.8 Å². The van der Waals surface area contributed by atoms with Crippen LogP contribution in [0.15, 0.2) is 18.3 Å². The number of aromatic nitrogens is 1. The lowest BCUT2D eigenvalue weighted by Crippen LogP contribution is -2.40. The monoisotopic (exact) mass is 234 g/mol. The third-order valence-electron chi connectivity index (χ3n) is 3.69. The minimum Gasteiger partial charge on any atom is -0.389 e. The zero-order valence-electron chi connectivity index (χ0n) is 10.9. The second kappa shape index (κ2) is 5.05. The summed E-state index contributed by atoms with van der Waals surface area (Å²) in [5.74, 6) is 1.85. The topological polar surface area (TPSA) is 36.4 Å². The van der Waals surface area contributed by atoms with Crippen LogP contribution < -0.4 is 4.90 Å². The van der Waals surface area contributed by atoms with E-state index in [1.54, 1.807) is 13.1 Å². The molecule has 3 nitrogen and oxygen atoms in total. The van der Waals surface area contributed by atoms with Gasteiger partial charge in [0.2, 0.25) is 0 Å². The van der Waals surface area contributed by atoms with Crippen molar-refractivity contribution in [3.8, 4) is 0 Å². The molecule has 2 rings (SSSR count). The number of anilines is 1. The van der Waals surface area contributed by atoms with Crippen molar-refractivity contribution in [1.82, 2.24) is 4.98 Å². The quantitative estimate of drug-likeness (QED) is 0.854. The Hall–Kier alpha value is -1.09. The fraction of sp³-hybridized carbons (Fsp3) is 0.643. The van der Waals surface area contributed by atoms with Gasteiger partial charge in [-0.05, 0) is 44.2 Å². The molecule has 0 amide bonds. The number of hydrogen-bond acceptors (Lipinski definition) is 3. The summed E-state index contributed by atoms with van der Waals surface area (Å²) in [7, 11) is 0. The van der Waals surface area contributed by atoms with E-state index < -0.39 is 6.10 Å². The molecule has 0 bridgehead atoms. The number of piperidine rings is 1. The van der Waals surface area contributed by atoms with Crippen LogP contribution in [0.2, 0.25) is 0 Å². The van der Waals surface area contributed by atoms with Gasteiger partial charge < -0.3 is 10.0 Å². The standard InChI is InChI=1S/C14H22N2O/c1-10-6-7-16(11(2)8-10)14-5-4-13(9-15-14)12(3)17/h4-5,9-12,17H,6-8H2,1-3H3. The number of aliphatic hydroxyl groups is 1. The van der Waals surface area contributed by atoms with Gasteiger partial charge >= 0.3 is 0 Å². The molecule has 0 saturated carbocycles. The van der Waals surface area contributed by atoms with Crippen LogP contribution in [0.25, 0.3) is 0 Å². The van der Waals surface area contributed by atoms with Crippen LogP contribution in [-0.2, 0) is 0 Å². The Morgan fingerprint density at radius 2 is 2.18 bits per heavy atom. The third kappa shape index (κ3) is 2.78. The van der Waals surface area contributed by atoms with Crippen LogP contribution in [0.5, 0.6) is 0 Å². The third-order valence-corrected chi connectivity index (χ3v) is 3.69. The molecule has 1 saturated heterocycles. The van der Waals surface area contributed by atoms with Gasteiger partial charge in [-0.3, -0.25) is 0 Å². The predicted molar refractivity (Wildman–Crippen MR) is 70.1 cm³/mol. The maximum atomic E-state index is 9.46. The minimum absolute atomic E-state index is 0.435. The summed E-state index contributed by atoms with van der Waals surface area (Å²) in [6, 6.07) is 4.55. The molecule has 17 heavy (non-hydrogen) atoms. The second-order valence-corrected chi connectivity index (χ2v) is 5.30. The molecule has 0 spiro atoms. The number of nitrogens with zero attached hydrogens (tertiary/aromatic N) is 2. The first-order valence-electron chi connectivity index (χ1n) is 6.48. The van der Waals surface area contributed by atoms with Gasteiger partial charge in [0.25, 0.3) is 0 Å². The van der Waals surface area contributed by atoms with E-state index in [0.29, 0.717) is 6.04 Å². The van der Waals surface area contributed by atoms with E-state index >= 15 is 0 Å². The molecule has 1 aromatic rings. The molecule has 3 unspecified atom stereocenters. The second-order valence-electron chi connectivity index (χ2n) is 5.30. The van der Waals surface area contributed by atoms with Crippen LogP contribution in [0.4, 0.5) is 5.82 Å². The van der Waals surface area contributed by atoms with Crippen molar-refractivity contribution in [2.24, 2.45) is 5.92 Å². The van der Waals surface area contributed by atoms with Gasteiger partial charge in [0.05, 0.1) is 6.10 Å². The molecule has 1 aliphatic rings. The van der Waals surface area contributed by atoms with E-state index in [0.717, 1.165) is 23.8 Å². The average molecular weight is 234 g/mol. The van der Waals surface area contributed by atoms with E-state index in [4.69, 9.17) is 0 Å². The van der Waals surface area contributed by atoms with Gasteiger partial charge in [-0.25, -0.2) is 4.98 Å². The van der Waals surface area contributed by atoms with Crippen LogP contribution in [0.1, 0.15) is 45.3 Å². The molecule has 94 valence electrons. The highest BCUT2D eigenvalue weighted by Crippen LogP contribution is 2.26. The molecule has 3 atom stereocenters. The van der Waals surface area contributed by atoms with Crippen LogP contribution >= 0.6 is 0 Å². The molecule has 0 radical (unpaired) electrons. The molecular formula is C14H22N2O. The summed E-state index contributed by atoms with van der Waals surface area (Å²) in [5.41, 5.74) is 0.881. The van der Waals surface area contributed by atoms with Crippen molar-refractivity contribution >= 4 is 5.82 Å². The molecule has 1 aromatic heterocycles. The highest BCUT2D eigenvalue weighted by Gasteiger charge is 2.23. The van der Waals surface area contributed by atoms with Crippen molar-refractivity contribution < 1.29 is 5.11 Å². The van der Waals surface area contributed by atoms with Gasteiger partial charge in [0, 0.05) is 18.8 Å². The summed E-state index contributed by atoms with van der Waals surface area (Å²) in [4.78, 5) is 6.83. The fourth-order valence-electron chi connectivity index (χ4n) is 2.56. The molecular weight excluding hydrogens is 212 g/mol. The van der Waals surface area contributed by atoms with Gasteiger partial charge in [0.1, 0.15) is 5.82 Å². The Morgan fingerprint density at radius 1 is 1.41 bits per heavy atom. The lowest BCUT2D eigenvalue weighted by molar-refractivity contribution is 0.199. The Kier molecular flexibility index (Phi) is 3.67. The minimum atomic E-state index is -0.435. The fourth-order valence-corrected chi connectivity index (χ4v) is 2.56. The summed E-state index contributed by atoms with van der Waals surface area (Å²) >= 11 is 0. The van der Waals surface area contributed by atoms with Crippen molar-refractivity contribution in [3.63, 3.8) is 0 Å². The maximum Gasteiger partial charge on any atom is 0.128 e. The molecule has 3 heteroatoms. The highest BCUT2D eigenvalue weighted by atomic mass is 16.3. The predicted octanol–water partition coefficient (Wildman–Crippen LogP) is 2.76. The summed E-state index contributed by atoms with van der Waals surface area (Å²) in [5, 5.41) is 9.46. The smallest absolute Gasteiger partial charge is 0.128 e. The molecule has 1 N–H and O–H groups in total. The Bertz CT molecular complexity index is 361. The van der Waals surface area contributed by atoms with Gasteiger partial charge in [-0.1, -0.05) is 13.0 Å². The van der Waals surface area contributed by atoms with E-state index in [2.05, 4.69) is 23.7 Å². The van der Waals surface area contributed by atoms with E-state index in [1.807, 2.05) is 12.1 Å². The first-order chi connectivity index (χ1) is 8.08. The normalized spacial score (nSPS) is 26.9. The average Bonchev–Trinajstić information content (AvgIpc) is 2.29. The largest absolute Gasteiger partial charge is 0.389 e. The highest BCUT2D eigenvalue weighted by molar-refractivity contribution is 5.41. The van der Waals surface area contributed by atoms with Gasteiger partial charge in [-0.2, -0.15) is 0 Å². The lowest BCUT2D eigenvalue weighted by atomic mass is 9.93. The number of aliphatic hydroxyl groups excluding tert-OH is 1. The Balaban J connectivity index is 2.11. The van der Waals surface area contributed by atoms with Crippen molar-refractivity contribution in [2.75, 3.05) is 11.4 Å². The molecule has 1 aliphatic heterocycles. The van der Waals surface area contributed by atoms with Crippen LogP contribution in [-0.4, -0.2) is 22.7 Å². The van der Waals surface area contributed by atoms with E-state index in [1.165, 1.54) is 12.8 Å². The van der Waals surface area contributed by atoms with Crippen LogP contribution in [0.3, 0.4) is 0 Å². The van der Waals surface area contributed by atoms with E-state index in [9.17, 15) is 5.11 Å². The lowest BCUT2D eigenvalue weighted by Gasteiger charge is -2.37. The SMILES string of the molecule is CC1CCN(c2ccc(C(C)O)cn2)C(C)C1. The summed E-state index contributed by atoms with van der Waals surface area (Å²) in [6.45, 7) is 7.43. The zero-order valence-corrected chi connectivity index (χ0v) is 10.9. The molecule has 2 heterocycles. The first-order valence-corrected chi connectivity index (χ1v) is 6.48. The molecule has 0 aliphatic carbocycles. The van der Waals surface area contributed by atoms with E-state index in [-0.39, 0.29) is 0 Å². The first kappa shape index (κ1) is 12.4. The van der Waals surface area contributed by atoms with Gasteiger partial charge in [-0.15, -0.1) is 0 Å². The maximum absolute atomic E-state index is 9.46. The molecule has 1 fully saturated rings.